The monoisotopic (exact) mass is 718 g/mol. The van der Waals surface area contributed by atoms with Crippen molar-refractivity contribution in [3.63, 3.8) is 0 Å². The highest BCUT2D eigenvalue weighted by Gasteiger charge is 2.20. The molecule has 0 unspecified atom stereocenters. The molecule has 0 N–H and O–H groups in total. The summed E-state index contributed by atoms with van der Waals surface area (Å²) < 4.78 is 4.24. The van der Waals surface area contributed by atoms with Gasteiger partial charge in [0.2, 0.25) is 0 Å². The number of benzene rings is 7. The number of hydrogen-bond donors (Lipinski definition) is 0. The Hall–Kier alpha value is -7.84. The van der Waals surface area contributed by atoms with E-state index in [-0.39, 0.29) is 0 Å². The van der Waals surface area contributed by atoms with Crippen molar-refractivity contribution >= 4 is 44.1 Å². The highest BCUT2D eigenvalue weighted by Crippen LogP contribution is 2.35. The molecule has 0 aliphatic carbocycles. The predicted octanol–water partition coefficient (Wildman–Crippen LogP) is 10.9. The van der Waals surface area contributed by atoms with Gasteiger partial charge in [0, 0.05) is 46.7 Å². The first-order chi connectivity index (χ1) is 27.8. The van der Waals surface area contributed by atoms with Gasteiger partial charge in [-0.25, -0.2) is 29.9 Å². The Balaban J connectivity index is 0.902. The fourth-order valence-corrected chi connectivity index (χ4v) is 7.75. The van der Waals surface area contributed by atoms with E-state index in [1.165, 1.54) is 0 Å². The minimum atomic E-state index is 0.612. The summed E-state index contributed by atoms with van der Waals surface area (Å²) in [5, 5.41) is 4.57. The fourth-order valence-electron chi connectivity index (χ4n) is 7.75. The Labute approximate surface area is 321 Å². The van der Waals surface area contributed by atoms with Crippen LogP contribution in [-0.2, 0) is 0 Å². The number of fused-ring (bicyclic) bond motifs is 4. The first kappa shape index (κ1) is 31.7. The maximum Gasteiger partial charge on any atom is 0.198 e. The third-order valence-corrected chi connectivity index (χ3v) is 10.4. The summed E-state index contributed by atoms with van der Waals surface area (Å²) >= 11 is 0. The second kappa shape index (κ2) is 12.9. The van der Waals surface area contributed by atoms with Gasteiger partial charge in [-0.15, -0.1) is 0 Å². The molecular formula is C48H30N8. The van der Waals surface area contributed by atoms with Crippen LogP contribution in [0.25, 0.3) is 101 Å². The molecule has 7 aromatic carbocycles. The Morgan fingerprint density at radius 1 is 0.304 bits per heavy atom. The van der Waals surface area contributed by atoms with Crippen molar-refractivity contribution in [2.24, 2.45) is 0 Å². The first-order valence-corrected chi connectivity index (χ1v) is 18.4. The number of imidazole rings is 2. The van der Waals surface area contributed by atoms with Gasteiger partial charge in [-0.05, 0) is 45.2 Å². The van der Waals surface area contributed by atoms with E-state index >= 15 is 0 Å². The zero-order valence-corrected chi connectivity index (χ0v) is 29.9. The molecule has 8 nitrogen and oxygen atoms in total. The maximum absolute atomic E-state index is 4.96. The minimum Gasteiger partial charge on any atom is -0.275 e. The van der Waals surface area contributed by atoms with Crippen LogP contribution < -0.4 is 0 Å². The second-order valence-corrected chi connectivity index (χ2v) is 13.7. The van der Waals surface area contributed by atoms with Crippen molar-refractivity contribution < 1.29 is 0 Å². The molecule has 0 aliphatic rings. The van der Waals surface area contributed by atoms with E-state index in [9.17, 15) is 0 Å². The number of hydrogen-bond acceptors (Lipinski definition) is 6. The van der Waals surface area contributed by atoms with E-state index in [2.05, 4.69) is 177 Å². The lowest BCUT2D eigenvalue weighted by Crippen LogP contribution is -2.00. The molecule has 0 bridgehead atoms. The van der Waals surface area contributed by atoms with E-state index < -0.39 is 0 Å². The quantitative estimate of drug-likeness (QED) is 0.170. The van der Waals surface area contributed by atoms with Crippen LogP contribution in [0, 0.1) is 0 Å². The van der Waals surface area contributed by atoms with Crippen molar-refractivity contribution in [1.29, 1.82) is 0 Å². The van der Waals surface area contributed by atoms with Crippen LogP contribution in [0.5, 0.6) is 0 Å². The van der Waals surface area contributed by atoms with Crippen LogP contribution in [0.15, 0.2) is 183 Å². The van der Waals surface area contributed by atoms with E-state index in [0.29, 0.717) is 11.3 Å². The molecule has 262 valence electrons. The van der Waals surface area contributed by atoms with Gasteiger partial charge in [-0.3, -0.25) is 9.13 Å². The van der Waals surface area contributed by atoms with Crippen LogP contribution in [0.1, 0.15) is 0 Å². The molecule has 0 saturated heterocycles. The summed E-state index contributed by atoms with van der Waals surface area (Å²) in [5.41, 5.74) is 11.2. The van der Waals surface area contributed by atoms with Crippen LogP contribution in [0.4, 0.5) is 0 Å². The second-order valence-electron chi connectivity index (χ2n) is 13.7. The van der Waals surface area contributed by atoms with Crippen molar-refractivity contribution in [2.75, 3.05) is 0 Å². The molecule has 0 radical (unpaired) electrons. The topological polar surface area (TPSA) is 87.2 Å². The zero-order valence-electron chi connectivity index (χ0n) is 29.9. The summed E-state index contributed by atoms with van der Waals surface area (Å²) in [6, 6.07) is 55.2. The van der Waals surface area contributed by atoms with Gasteiger partial charge in [0.25, 0.3) is 0 Å². The summed E-state index contributed by atoms with van der Waals surface area (Å²) in [6.45, 7) is 0. The van der Waals surface area contributed by atoms with E-state index in [0.717, 1.165) is 89.2 Å². The molecule has 11 aromatic rings. The molecule has 0 saturated carbocycles. The lowest BCUT2D eigenvalue weighted by Gasteiger charge is -2.13. The summed E-state index contributed by atoms with van der Waals surface area (Å²) in [7, 11) is 0. The van der Waals surface area contributed by atoms with E-state index in [1.54, 1.807) is 24.8 Å². The zero-order chi connectivity index (χ0) is 37.0. The van der Waals surface area contributed by atoms with Crippen LogP contribution in [0.3, 0.4) is 0 Å². The Bertz CT molecular complexity index is 3010. The maximum atomic E-state index is 4.96. The smallest absolute Gasteiger partial charge is 0.198 e. The number of rotatable bonds is 6. The fraction of sp³-hybridized carbons (Fsp3) is 0. The molecular weight excluding hydrogens is 689 g/mol. The Morgan fingerprint density at radius 2 is 0.643 bits per heavy atom. The third-order valence-electron chi connectivity index (χ3n) is 10.4. The molecule has 56 heavy (non-hydrogen) atoms. The van der Waals surface area contributed by atoms with Crippen LogP contribution in [0.2, 0.25) is 0 Å². The lowest BCUT2D eigenvalue weighted by atomic mass is 9.99. The standard InChI is InChI=1S/C48H30N8/c1-3-11-39-35(7-1)9-5-13-41(39)55-45(53-43-47(55)51-29-27-49-43)37-23-19-33(20-24-37)31-15-17-32(18-16-31)34-21-25-38(26-22-34)46-54-44-48(52-30-28-50-44)56(46)42-14-6-10-36-8-2-4-12-40(36)42/h1-30H. The molecule has 8 heteroatoms. The van der Waals surface area contributed by atoms with Gasteiger partial charge in [-0.1, -0.05) is 146 Å². The van der Waals surface area contributed by atoms with Gasteiger partial charge >= 0.3 is 0 Å². The third kappa shape index (κ3) is 5.23. The molecule has 0 fully saturated rings. The van der Waals surface area contributed by atoms with E-state index in [1.807, 2.05) is 0 Å². The Morgan fingerprint density at radius 3 is 1.05 bits per heavy atom. The van der Waals surface area contributed by atoms with Gasteiger partial charge < -0.3 is 0 Å². The van der Waals surface area contributed by atoms with Crippen LogP contribution in [-0.4, -0.2) is 39.0 Å². The first-order valence-electron chi connectivity index (χ1n) is 18.4. The number of aromatic nitrogens is 8. The van der Waals surface area contributed by atoms with Gasteiger partial charge in [0.15, 0.2) is 22.6 Å². The van der Waals surface area contributed by atoms with Crippen LogP contribution >= 0.6 is 0 Å². The SMILES string of the molecule is c1ccc2c(-n3c(-c4ccc(-c5ccc(-c6ccc(-c7nc8nccnc8n7-c7cccc8ccccc78)cc6)cc5)cc4)nc4nccnc43)cccc2c1. The summed E-state index contributed by atoms with van der Waals surface area (Å²) in [5.74, 6) is 1.60. The molecule has 4 heterocycles. The van der Waals surface area contributed by atoms with E-state index in [4.69, 9.17) is 19.9 Å². The minimum absolute atomic E-state index is 0.612. The molecule has 0 atom stereocenters. The number of nitrogens with zero attached hydrogens (tertiary/aromatic N) is 8. The highest BCUT2D eigenvalue weighted by molar-refractivity contribution is 5.94. The molecule has 0 aliphatic heterocycles. The summed E-state index contributed by atoms with van der Waals surface area (Å²) in [4.78, 5) is 28.4. The lowest BCUT2D eigenvalue weighted by molar-refractivity contribution is 1.09. The molecule has 11 rings (SSSR count). The summed E-state index contributed by atoms with van der Waals surface area (Å²) in [6.07, 6.45) is 6.81. The molecule has 0 amide bonds. The van der Waals surface area contributed by atoms with Gasteiger partial charge in [0.05, 0.1) is 11.4 Å². The average Bonchev–Trinajstić information content (AvgIpc) is 3.86. The molecule has 4 aromatic heterocycles. The normalized spacial score (nSPS) is 11.6. The van der Waals surface area contributed by atoms with Crippen molar-refractivity contribution in [3.8, 4) is 56.4 Å². The highest BCUT2D eigenvalue weighted by atomic mass is 15.2. The van der Waals surface area contributed by atoms with Crippen molar-refractivity contribution in [3.05, 3.63) is 183 Å². The largest absolute Gasteiger partial charge is 0.275 e. The Kier molecular flexibility index (Phi) is 7.31. The van der Waals surface area contributed by atoms with Crippen molar-refractivity contribution in [1.82, 2.24) is 39.0 Å². The van der Waals surface area contributed by atoms with Crippen molar-refractivity contribution in [2.45, 2.75) is 0 Å². The van der Waals surface area contributed by atoms with Gasteiger partial charge in [0.1, 0.15) is 11.6 Å². The average molecular weight is 719 g/mol. The molecule has 0 spiro atoms. The predicted molar refractivity (Wildman–Crippen MR) is 224 cm³/mol. The van der Waals surface area contributed by atoms with Gasteiger partial charge in [-0.2, -0.15) is 0 Å².